The lowest BCUT2D eigenvalue weighted by Crippen LogP contribution is -2.44. The Bertz CT molecular complexity index is 273. The number of nitrogens with zero attached hydrogens (tertiary/aromatic N) is 1. The number of thioether (sulfide) groups is 2. The van der Waals surface area contributed by atoms with Crippen molar-refractivity contribution in [1.82, 2.24) is 10.6 Å². The van der Waals surface area contributed by atoms with Crippen molar-refractivity contribution >= 4 is 29.5 Å². The van der Waals surface area contributed by atoms with Gasteiger partial charge in [-0.05, 0) is 25.5 Å². The number of nitrogens with one attached hydrogen (secondary N) is 2. The van der Waals surface area contributed by atoms with Gasteiger partial charge in [-0.1, -0.05) is 6.08 Å². The summed E-state index contributed by atoms with van der Waals surface area (Å²) in [7, 11) is 1.83. The molecule has 0 saturated carbocycles. The second-order valence-corrected chi connectivity index (χ2v) is 7.45. The predicted molar refractivity (Wildman–Crippen MR) is 87.0 cm³/mol. The molecular weight excluding hydrogens is 262 g/mol. The highest BCUT2D eigenvalue weighted by Crippen LogP contribution is 2.36. The first kappa shape index (κ1) is 15.8. The van der Waals surface area contributed by atoms with Crippen molar-refractivity contribution in [3.63, 3.8) is 0 Å². The van der Waals surface area contributed by atoms with Gasteiger partial charge in [0.2, 0.25) is 0 Å². The van der Waals surface area contributed by atoms with Crippen LogP contribution in [-0.2, 0) is 0 Å². The Balaban J connectivity index is 2.15. The van der Waals surface area contributed by atoms with Crippen LogP contribution in [0.3, 0.4) is 0 Å². The van der Waals surface area contributed by atoms with Crippen molar-refractivity contribution in [3.8, 4) is 0 Å². The topological polar surface area (TPSA) is 36.4 Å². The zero-order chi connectivity index (χ0) is 13.3. The van der Waals surface area contributed by atoms with Crippen LogP contribution in [-0.4, -0.2) is 48.1 Å². The number of hydrogen-bond acceptors (Lipinski definition) is 3. The van der Waals surface area contributed by atoms with Crippen LogP contribution < -0.4 is 10.6 Å². The summed E-state index contributed by atoms with van der Waals surface area (Å²) in [6, 6.07) is 0. The Hall–Kier alpha value is -0.290. The van der Waals surface area contributed by atoms with Crippen molar-refractivity contribution in [2.45, 2.75) is 24.5 Å². The molecule has 1 aliphatic rings. The summed E-state index contributed by atoms with van der Waals surface area (Å²) in [6.07, 6.45) is 4.58. The Labute approximate surface area is 120 Å². The lowest BCUT2D eigenvalue weighted by molar-refractivity contribution is 0.585. The summed E-state index contributed by atoms with van der Waals surface area (Å²) in [4.78, 5) is 4.25. The summed E-state index contributed by atoms with van der Waals surface area (Å²) >= 11 is 3.95. The highest BCUT2D eigenvalue weighted by atomic mass is 32.2. The van der Waals surface area contributed by atoms with Crippen molar-refractivity contribution < 1.29 is 0 Å². The van der Waals surface area contributed by atoms with Gasteiger partial charge in [0.25, 0.3) is 0 Å². The second kappa shape index (κ2) is 8.75. The van der Waals surface area contributed by atoms with Gasteiger partial charge in [0.15, 0.2) is 5.96 Å². The number of aliphatic imine (C=N–C) groups is 1. The van der Waals surface area contributed by atoms with Gasteiger partial charge in [0.05, 0.1) is 0 Å². The zero-order valence-corrected chi connectivity index (χ0v) is 13.1. The van der Waals surface area contributed by atoms with E-state index in [0.717, 1.165) is 30.6 Å². The minimum Gasteiger partial charge on any atom is -0.356 e. The summed E-state index contributed by atoms with van der Waals surface area (Å²) in [5, 5.41) is 6.78. The van der Waals surface area contributed by atoms with Gasteiger partial charge in [-0.15, -0.1) is 6.58 Å². The van der Waals surface area contributed by atoms with Crippen molar-refractivity contribution in [2.24, 2.45) is 4.99 Å². The van der Waals surface area contributed by atoms with E-state index < -0.39 is 0 Å². The molecule has 1 aliphatic heterocycles. The van der Waals surface area contributed by atoms with E-state index in [9.17, 15) is 0 Å². The maximum absolute atomic E-state index is 4.25. The molecule has 2 N–H and O–H groups in total. The molecule has 0 aromatic heterocycles. The molecule has 1 atom stereocenters. The standard InChI is InChI=1S/C13H25N3S2/c1-4-8-17-10-7-15-12(14-3)16-11-13(2)6-5-9-18-13/h4H,1,5-11H2,2-3H3,(H2,14,15,16). The normalized spacial score (nSPS) is 24.0. The summed E-state index contributed by atoms with van der Waals surface area (Å²) in [5.41, 5.74) is 0. The Morgan fingerprint density at radius 3 is 3.00 bits per heavy atom. The monoisotopic (exact) mass is 287 g/mol. The molecule has 104 valence electrons. The third kappa shape index (κ3) is 6.05. The molecular formula is C13H25N3S2. The third-order valence-corrected chi connectivity index (χ3v) is 5.43. The fraction of sp³-hybridized carbons (Fsp3) is 0.769. The molecule has 1 rings (SSSR count). The van der Waals surface area contributed by atoms with Gasteiger partial charge < -0.3 is 10.6 Å². The number of hydrogen-bond donors (Lipinski definition) is 2. The van der Waals surface area contributed by atoms with Crippen LogP contribution in [0.5, 0.6) is 0 Å². The van der Waals surface area contributed by atoms with Crippen LogP contribution in [0.2, 0.25) is 0 Å². The SMILES string of the molecule is C=CCSCCNC(=NC)NCC1(C)CCCS1. The minimum atomic E-state index is 0.384. The van der Waals surface area contributed by atoms with E-state index in [0.29, 0.717) is 4.75 Å². The van der Waals surface area contributed by atoms with E-state index >= 15 is 0 Å². The first-order valence-corrected chi connectivity index (χ1v) is 8.61. The highest BCUT2D eigenvalue weighted by molar-refractivity contribution is 8.00. The van der Waals surface area contributed by atoms with Crippen LogP contribution in [0.25, 0.3) is 0 Å². The predicted octanol–water partition coefficient (Wildman–Crippen LogP) is 2.36. The molecule has 0 spiro atoms. The summed E-state index contributed by atoms with van der Waals surface area (Å²) in [5.74, 6) is 4.31. The van der Waals surface area contributed by atoms with Gasteiger partial charge in [-0.2, -0.15) is 23.5 Å². The molecule has 0 aromatic rings. The number of guanidine groups is 1. The van der Waals surface area contributed by atoms with Crippen LogP contribution in [0.4, 0.5) is 0 Å². The minimum absolute atomic E-state index is 0.384. The van der Waals surface area contributed by atoms with E-state index in [-0.39, 0.29) is 0 Å². The molecule has 18 heavy (non-hydrogen) atoms. The van der Waals surface area contributed by atoms with E-state index in [1.807, 2.05) is 24.9 Å². The molecule has 0 aliphatic carbocycles. The van der Waals surface area contributed by atoms with Crippen LogP contribution in [0.1, 0.15) is 19.8 Å². The average Bonchev–Trinajstić information content (AvgIpc) is 2.80. The van der Waals surface area contributed by atoms with Gasteiger partial charge in [-0.25, -0.2) is 0 Å². The molecule has 0 aromatic carbocycles. The van der Waals surface area contributed by atoms with Gasteiger partial charge >= 0.3 is 0 Å². The first-order valence-electron chi connectivity index (χ1n) is 6.47. The molecule has 1 fully saturated rings. The van der Waals surface area contributed by atoms with Gasteiger partial charge in [-0.3, -0.25) is 4.99 Å². The molecule has 1 unspecified atom stereocenters. The maximum atomic E-state index is 4.25. The summed E-state index contributed by atoms with van der Waals surface area (Å²) < 4.78 is 0.384. The lowest BCUT2D eigenvalue weighted by atomic mass is 10.1. The average molecular weight is 287 g/mol. The fourth-order valence-electron chi connectivity index (χ4n) is 1.88. The summed E-state index contributed by atoms with van der Waals surface area (Å²) in [6.45, 7) is 7.99. The molecule has 0 amide bonds. The van der Waals surface area contributed by atoms with Crippen molar-refractivity contribution in [1.29, 1.82) is 0 Å². The zero-order valence-electron chi connectivity index (χ0n) is 11.5. The molecule has 1 heterocycles. The van der Waals surface area contributed by atoms with Gasteiger partial charge in [0, 0.05) is 36.4 Å². The second-order valence-electron chi connectivity index (χ2n) is 4.62. The fourth-order valence-corrected chi connectivity index (χ4v) is 3.70. The number of rotatable bonds is 7. The molecule has 3 nitrogen and oxygen atoms in total. The van der Waals surface area contributed by atoms with Gasteiger partial charge in [0.1, 0.15) is 0 Å². The van der Waals surface area contributed by atoms with E-state index in [1.54, 1.807) is 0 Å². The highest BCUT2D eigenvalue weighted by Gasteiger charge is 2.29. The van der Waals surface area contributed by atoms with Crippen LogP contribution in [0, 0.1) is 0 Å². The van der Waals surface area contributed by atoms with E-state index in [2.05, 4.69) is 40.9 Å². The first-order chi connectivity index (χ1) is 8.70. The molecule has 5 heteroatoms. The van der Waals surface area contributed by atoms with Crippen molar-refractivity contribution in [3.05, 3.63) is 12.7 Å². The quantitative estimate of drug-likeness (QED) is 0.326. The molecule has 1 saturated heterocycles. The van der Waals surface area contributed by atoms with Crippen molar-refractivity contribution in [2.75, 3.05) is 37.4 Å². The van der Waals surface area contributed by atoms with Crippen LogP contribution in [0.15, 0.2) is 17.6 Å². The Morgan fingerprint density at radius 2 is 2.39 bits per heavy atom. The molecule has 0 radical (unpaired) electrons. The van der Waals surface area contributed by atoms with Crippen LogP contribution >= 0.6 is 23.5 Å². The lowest BCUT2D eigenvalue weighted by Gasteiger charge is -2.24. The maximum Gasteiger partial charge on any atom is 0.191 e. The third-order valence-electron chi connectivity index (χ3n) is 2.93. The van der Waals surface area contributed by atoms with E-state index in [4.69, 9.17) is 0 Å². The largest absolute Gasteiger partial charge is 0.356 e. The van der Waals surface area contributed by atoms with E-state index in [1.165, 1.54) is 18.6 Å². The molecule has 0 bridgehead atoms. The Morgan fingerprint density at radius 1 is 1.56 bits per heavy atom. The smallest absolute Gasteiger partial charge is 0.191 e. The Kier molecular flexibility index (Phi) is 7.66.